The lowest BCUT2D eigenvalue weighted by Crippen LogP contribution is -2.17. The zero-order chi connectivity index (χ0) is 39.8. The molecule has 2 heteroatoms. The monoisotopic (exact) mass is 767 g/mol. The Balaban J connectivity index is 0.996. The van der Waals surface area contributed by atoms with Gasteiger partial charge in [0.1, 0.15) is 11.9 Å². The molecule has 11 rings (SSSR count). The number of anilines is 3. The van der Waals surface area contributed by atoms with Gasteiger partial charge in [0.25, 0.3) is 0 Å². The molecule has 2 atom stereocenters. The van der Waals surface area contributed by atoms with E-state index < -0.39 is 0 Å². The first-order valence-corrected chi connectivity index (χ1v) is 20.7. The largest absolute Gasteiger partial charge is 0.485 e. The fourth-order valence-corrected chi connectivity index (χ4v) is 9.21. The van der Waals surface area contributed by atoms with Crippen molar-refractivity contribution in [2.45, 2.75) is 12.0 Å². The molecule has 0 bridgehead atoms. The Bertz CT molecular complexity index is 3070. The van der Waals surface area contributed by atoms with Gasteiger partial charge < -0.3 is 9.64 Å². The highest BCUT2D eigenvalue weighted by Gasteiger charge is 2.34. The van der Waals surface area contributed by atoms with Gasteiger partial charge in [0.2, 0.25) is 0 Å². The first-order chi connectivity index (χ1) is 29.8. The number of allylic oxidation sites excluding steroid dienone is 2. The van der Waals surface area contributed by atoms with E-state index in [1.165, 1.54) is 72.0 Å². The van der Waals surface area contributed by atoms with Crippen molar-refractivity contribution in [3.63, 3.8) is 0 Å². The van der Waals surface area contributed by atoms with Crippen molar-refractivity contribution in [1.82, 2.24) is 0 Å². The Morgan fingerprint density at radius 2 is 0.933 bits per heavy atom. The van der Waals surface area contributed by atoms with E-state index in [0.717, 1.165) is 22.8 Å². The second-order valence-corrected chi connectivity index (χ2v) is 15.6. The first-order valence-electron chi connectivity index (χ1n) is 20.7. The molecule has 0 saturated carbocycles. The number of hydrogen-bond donors (Lipinski definition) is 0. The molecule has 9 aromatic carbocycles. The van der Waals surface area contributed by atoms with Gasteiger partial charge in [-0.15, -0.1) is 0 Å². The standard InChI is InChI=1S/C58H41NO/c1-4-17-40(18-5-1)47-26-12-14-28-51(47)52-29-15-13-27-49(52)43-31-36-57-56(37-43)54-35-33-46(39-58(54)60-57)59(44-23-8-3-9-24-44)45-32-34-50(41-19-6-2-7-20-41)55(38-45)53-30-16-22-42-21-10-11-25-48(42)53/h1-39,56-57H. The highest BCUT2D eigenvalue weighted by atomic mass is 16.5. The maximum atomic E-state index is 6.81. The lowest BCUT2D eigenvalue weighted by Gasteiger charge is -2.27. The molecule has 2 aliphatic rings. The van der Waals surface area contributed by atoms with Gasteiger partial charge >= 0.3 is 0 Å². The number of para-hydroxylation sites is 1. The summed E-state index contributed by atoms with van der Waals surface area (Å²) in [5.74, 6) is 1.02. The van der Waals surface area contributed by atoms with Crippen LogP contribution in [0.4, 0.5) is 17.1 Å². The average Bonchev–Trinajstić information content (AvgIpc) is 3.69. The average molecular weight is 768 g/mol. The summed E-state index contributed by atoms with van der Waals surface area (Å²) in [5, 5.41) is 2.46. The lowest BCUT2D eigenvalue weighted by molar-refractivity contribution is 0.269. The van der Waals surface area contributed by atoms with E-state index in [1.807, 2.05) is 0 Å². The van der Waals surface area contributed by atoms with E-state index in [0.29, 0.717) is 0 Å². The summed E-state index contributed by atoms with van der Waals surface area (Å²) in [4.78, 5) is 2.35. The molecular weight excluding hydrogens is 727 g/mol. The van der Waals surface area contributed by atoms with Crippen LogP contribution in [0.25, 0.3) is 60.9 Å². The summed E-state index contributed by atoms with van der Waals surface area (Å²) in [6, 6.07) is 78.5. The molecule has 0 spiro atoms. The van der Waals surface area contributed by atoms with Gasteiger partial charge in [-0.3, -0.25) is 0 Å². The molecule has 0 N–H and O–H groups in total. The topological polar surface area (TPSA) is 12.5 Å². The number of benzene rings is 9. The van der Waals surface area contributed by atoms with Gasteiger partial charge in [-0.05, 0) is 103 Å². The highest BCUT2D eigenvalue weighted by Crippen LogP contribution is 2.49. The number of ether oxygens (including phenoxy) is 1. The summed E-state index contributed by atoms with van der Waals surface area (Å²) in [6.45, 7) is 0. The Kier molecular flexibility index (Phi) is 9.02. The lowest BCUT2D eigenvalue weighted by atomic mass is 9.83. The molecule has 9 aromatic rings. The summed E-state index contributed by atoms with van der Waals surface area (Å²) in [6.07, 6.45) is 6.83. The van der Waals surface area contributed by atoms with Crippen molar-refractivity contribution in [1.29, 1.82) is 0 Å². The van der Waals surface area contributed by atoms with Crippen LogP contribution in [0.15, 0.2) is 237 Å². The third-order valence-corrected chi connectivity index (χ3v) is 12.0. The van der Waals surface area contributed by atoms with Gasteiger partial charge in [0.05, 0.1) is 0 Å². The van der Waals surface area contributed by atoms with Crippen molar-refractivity contribution in [3.8, 4) is 50.3 Å². The van der Waals surface area contributed by atoms with Gasteiger partial charge in [-0.1, -0.05) is 194 Å². The van der Waals surface area contributed by atoms with E-state index in [2.05, 4.69) is 242 Å². The van der Waals surface area contributed by atoms with E-state index >= 15 is 0 Å². The van der Waals surface area contributed by atoms with Gasteiger partial charge in [-0.2, -0.15) is 0 Å². The van der Waals surface area contributed by atoms with Crippen molar-refractivity contribution in [2.24, 2.45) is 0 Å². The highest BCUT2D eigenvalue weighted by molar-refractivity contribution is 6.02. The molecular formula is C58H41NO. The van der Waals surface area contributed by atoms with Gasteiger partial charge in [0, 0.05) is 34.6 Å². The Morgan fingerprint density at radius 3 is 1.68 bits per heavy atom. The number of hydrogen-bond acceptors (Lipinski definition) is 2. The summed E-state index contributed by atoms with van der Waals surface area (Å²) in [5.41, 5.74) is 16.5. The fraction of sp³-hybridized carbons (Fsp3) is 0.0345. The van der Waals surface area contributed by atoms with Crippen LogP contribution in [0.1, 0.15) is 17.0 Å². The Hall–Kier alpha value is -7.68. The number of nitrogens with zero attached hydrogens (tertiary/aromatic N) is 1. The fourth-order valence-electron chi connectivity index (χ4n) is 9.21. The normalized spacial score (nSPS) is 15.2. The van der Waals surface area contributed by atoms with Gasteiger partial charge in [-0.25, -0.2) is 0 Å². The van der Waals surface area contributed by atoms with Crippen LogP contribution in [0, 0.1) is 0 Å². The molecule has 284 valence electrons. The van der Waals surface area contributed by atoms with Crippen molar-refractivity contribution in [3.05, 3.63) is 248 Å². The van der Waals surface area contributed by atoms with Crippen LogP contribution in [-0.4, -0.2) is 6.10 Å². The minimum atomic E-state index is -0.0731. The van der Waals surface area contributed by atoms with E-state index in [-0.39, 0.29) is 12.0 Å². The van der Waals surface area contributed by atoms with Crippen LogP contribution < -0.4 is 9.64 Å². The van der Waals surface area contributed by atoms with Crippen molar-refractivity contribution >= 4 is 33.4 Å². The predicted molar refractivity (Wildman–Crippen MR) is 251 cm³/mol. The van der Waals surface area contributed by atoms with E-state index in [4.69, 9.17) is 4.74 Å². The van der Waals surface area contributed by atoms with E-state index in [1.54, 1.807) is 0 Å². The predicted octanol–water partition coefficient (Wildman–Crippen LogP) is 15.5. The molecule has 0 fully saturated rings. The maximum Gasteiger partial charge on any atom is 0.128 e. The maximum absolute atomic E-state index is 6.81. The van der Waals surface area contributed by atoms with Crippen LogP contribution in [0.2, 0.25) is 0 Å². The number of rotatable bonds is 8. The molecule has 1 heterocycles. The second kappa shape index (κ2) is 15.2. The second-order valence-electron chi connectivity index (χ2n) is 15.6. The molecule has 2 unspecified atom stereocenters. The summed E-state index contributed by atoms with van der Waals surface area (Å²) >= 11 is 0. The molecule has 1 aliphatic heterocycles. The number of fused-ring (bicyclic) bond motifs is 4. The summed E-state index contributed by atoms with van der Waals surface area (Å²) < 4.78 is 6.81. The van der Waals surface area contributed by atoms with Crippen molar-refractivity contribution in [2.75, 3.05) is 4.90 Å². The Morgan fingerprint density at radius 1 is 0.383 bits per heavy atom. The zero-order valence-corrected chi connectivity index (χ0v) is 33.0. The molecule has 0 aromatic heterocycles. The van der Waals surface area contributed by atoms with Gasteiger partial charge in [0.15, 0.2) is 0 Å². The van der Waals surface area contributed by atoms with Crippen molar-refractivity contribution < 1.29 is 4.74 Å². The molecule has 0 amide bonds. The van der Waals surface area contributed by atoms with E-state index in [9.17, 15) is 0 Å². The first kappa shape index (κ1) is 35.5. The third kappa shape index (κ3) is 6.40. The molecule has 2 nitrogen and oxygen atoms in total. The van der Waals surface area contributed by atoms with Crippen LogP contribution in [0.5, 0.6) is 5.75 Å². The summed E-state index contributed by atoms with van der Waals surface area (Å²) in [7, 11) is 0. The van der Waals surface area contributed by atoms with Crippen LogP contribution >= 0.6 is 0 Å². The van der Waals surface area contributed by atoms with Crippen LogP contribution in [0.3, 0.4) is 0 Å². The SMILES string of the molecule is C1=CC2Oc3cc(N(c4ccccc4)c4ccc(-c5ccccc5)c(-c5cccc6ccccc56)c4)ccc3C2C=C1c1ccccc1-c1ccccc1-c1ccccc1. The minimum Gasteiger partial charge on any atom is -0.485 e. The van der Waals surface area contributed by atoms with Crippen LogP contribution in [-0.2, 0) is 0 Å². The molecule has 1 aliphatic carbocycles. The molecule has 0 saturated heterocycles. The quantitative estimate of drug-likeness (QED) is 0.153. The molecule has 60 heavy (non-hydrogen) atoms. The third-order valence-electron chi connectivity index (χ3n) is 12.0. The minimum absolute atomic E-state index is 0.0731. The zero-order valence-electron chi connectivity index (χ0n) is 33.0. The Labute approximate surface area is 351 Å². The molecule has 0 radical (unpaired) electrons. The smallest absolute Gasteiger partial charge is 0.128 e.